The molecule has 1 unspecified atom stereocenters. The van der Waals surface area contributed by atoms with Gasteiger partial charge in [0.15, 0.2) is 0 Å². The smallest absolute Gasteiger partial charge is 0.0433 e. The van der Waals surface area contributed by atoms with E-state index in [-0.39, 0.29) is 5.92 Å². The molecule has 1 atom stereocenters. The molecule has 0 aliphatic heterocycles. The second kappa shape index (κ2) is 18.1. The van der Waals surface area contributed by atoms with Crippen LogP contribution in [0.2, 0.25) is 0 Å². The topological polar surface area (TPSA) is 0 Å². The van der Waals surface area contributed by atoms with Crippen LogP contribution < -0.4 is 0 Å². The van der Waals surface area contributed by atoms with E-state index in [1.807, 2.05) is 22.7 Å². The van der Waals surface area contributed by atoms with Gasteiger partial charge >= 0.3 is 0 Å². The fourth-order valence-corrected chi connectivity index (χ4v) is 13.8. The molecule has 0 N–H and O–H groups in total. The van der Waals surface area contributed by atoms with Crippen molar-refractivity contribution in [2.45, 2.75) is 40.0 Å². The van der Waals surface area contributed by atoms with E-state index in [0.717, 1.165) is 6.42 Å². The molecule has 12 aromatic rings. The summed E-state index contributed by atoms with van der Waals surface area (Å²) in [5.74, 6) is 0.240. The number of hydrogen-bond acceptors (Lipinski definition) is 2. The summed E-state index contributed by atoms with van der Waals surface area (Å²) in [7, 11) is 0. The molecule has 0 spiro atoms. The van der Waals surface area contributed by atoms with Crippen LogP contribution in [0.5, 0.6) is 0 Å². The van der Waals surface area contributed by atoms with Gasteiger partial charge in [0.1, 0.15) is 0 Å². The van der Waals surface area contributed by atoms with Gasteiger partial charge in [0.25, 0.3) is 0 Å². The number of rotatable bonds is 8. The third-order valence-corrected chi connectivity index (χ3v) is 17.4. The van der Waals surface area contributed by atoms with E-state index in [1.54, 1.807) is 0 Å². The Kier molecular flexibility index (Phi) is 11.1. The molecule has 344 valence electrons. The first-order valence-electron chi connectivity index (χ1n) is 25.1. The molecule has 13 rings (SSSR count). The molecule has 0 nitrogen and oxygen atoms in total. The number of thiophene rings is 2. The van der Waals surface area contributed by atoms with Crippen LogP contribution >= 0.6 is 22.7 Å². The third-order valence-electron chi connectivity index (χ3n) is 14.9. The molecule has 1 aliphatic carbocycles. The standard InChI is InChI=1S/C70H52S2/c1-43-15-23-49(24-16-43)67-59-37-33-55(41-63(59)71-69(67)51-27-19-45(3)20-28-51)53-31-35-57-61(39-53)65(47-11-7-5-8-12-47)58-36-32-54(40-62(58)66(57)48-13-9-6-10-14-48)56-34-38-60-64(42-56)72-70(52-29-21-46(4)22-30-52)68(60)50-25-17-44(2)18-26-50/h5-41,56H,42H2,1-4H3. The number of aryl methyl sites for hydroxylation is 4. The molecule has 0 radical (unpaired) electrons. The van der Waals surface area contributed by atoms with Crippen molar-refractivity contribution in [2.75, 3.05) is 0 Å². The molecule has 0 saturated heterocycles. The lowest BCUT2D eigenvalue weighted by atomic mass is 9.81. The molecule has 1 aliphatic rings. The summed E-state index contributed by atoms with van der Waals surface area (Å²) in [4.78, 5) is 4.12. The van der Waals surface area contributed by atoms with Crippen molar-refractivity contribution in [2.24, 2.45) is 0 Å². The summed E-state index contributed by atoms with van der Waals surface area (Å²) < 4.78 is 1.29. The zero-order valence-corrected chi connectivity index (χ0v) is 42.6. The Morgan fingerprint density at radius 3 is 1.32 bits per heavy atom. The predicted molar refractivity (Wildman–Crippen MR) is 314 cm³/mol. The van der Waals surface area contributed by atoms with Gasteiger partial charge in [-0.15, -0.1) is 22.7 Å². The molecule has 2 heteroatoms. The largest absolute Gasteiger partial charge is 0.139 e. The van der Waals surface area contributed by atoms with Crippen molar-refractivity contribution in [3.63, 3.8) is 0 Å². The van der Waals surface area contributed by atoms with Crippen molar-refractivity contribution in [1.29, 1.82) is 0 Å². The van der Waals surface area contributed by atoms with Gasteiger partial charge in [0, 0.05) is 41.8 Å². The lowest BCUT2D eigenvalue weighted by Gasteiger charge is -2.22. The average molecular weight is 957 g/mol. The first kappa shape index (κ1) is 44.1. The minimum absolute atomic E-state index is 0.240. The molecule has 2 heterocycles. The van der Waals surface area contributed by atoms with Crippen molar-refractivity contribution >= 4 is 60.4 Å². The third kappa shape index (κ3) is 7.83. The molecule has 0 fully saturated rings. The van der Waals surface area contributed by atoms with E-state index in [2.05, 4.69) is 252 Å². The van der Waals surface area contributed by atoms with Crippen LogP contribution in [0.1, 0.15) is 44.2 Å². The van der Waals surface area contributed by atoms with Gasteiger partial charge in [-0.05, 0) is 141 Å². The van der Waals surface area contributed by atoms with E-state index in [0.29, 0.717) is 0 Å². The Bertz CT molecular complexity index is 4040. The maximum absolute atomic E-state index is 2.52. The fourth-order valence-electron chi connectivity index (χ4n) is 11.1. The van der Waals surface area contributed by atoms with Crippen LogP contribution in [0, 0.1) is 27.7 Å². The Labute approximate surface area is 430 Å². The van der Waals surface area contributed by atoms with Gasteiger partial charge in [-0.25, -0.2) is 0 Å². The highest BCUT2D eigenvalue weighted by Gasteiger charge is 2.27. The summed E-state index contributed by atoms with van der Waals surface area (Å²) in [5.41, 5.74) is 23.0. The molecule has 10 aromatic carbocycles. The van der Waals surface area contributed by atoms with Crippen molar-refractivity contribution in [3.05, 3.63) is 257 Å². The lowest BCUT2D eigenvalue weighted by Crippen LogP contribution is -2.04. The van der Waals surface area contributed by atoms with Crippen LogP contribution in [-0.2, 0) is 6.42 Å². The number of allylic oxidation sites excluding steroid dienone is 1. The fraction of sp³-hybridized carbons (Fsp3) is 0.0857. The highest BCUT2D eigenvalue weighted by Crippen LogP contribution is 2.51. The quantitative estimate of drug-likeness (QED) is 0.133. The van der Waals surface area contributed by atoms with Crippen LogP contribution in [0.4, 0.5) is 0 Å². The maximum atomic E-state index is 2.52. The van der Waals surface area contributed by atoms with Crippen LogP contribution in [0.15, 0.2) is 218 Å². The van der Waals surface area contributed by atoms with Crippen LogP contribution in [-0.4, -0.2) is 0 Å². The number of hydrogen-bond donors (Lipinski definition) is 0. The SMILES string of the molecule is Cc1ccc(-c2sc3c(c2-c2ccc(C)cc2)C=CC(c2ccc4c(-c5ccccc5)c5cc(-c6ccc7c(-c8ccc(C)cc8)c(-c8ccc(C)cc8)sc7c6)ccc5c(-c5ccccc5)c4c2)C3)cc1. The highest BCUT2D eigenvalue weighted by atomic mass is 32.1. The summed E-state index contributed by atoms with van der Waals surface area (Å²) in [5, 5.41) is 6.38. The first-order valence-corrected chi connectivity index (χ1v) is 26.8. The van der Waals surface area contributed by atoms with Gasteiger partial charge in [-0.2, -0.15) is 0 Å². The molecule has 2 aromatic heterocycles. The highest BCUT2D eigenvalue weighted by molar-refractivity contribution is 7.23. The number of fused-ring (bicyclic) bond motifs is 4. The summed E-state index contributed by atoms with van der Waals surface area (Å²) in [6.07, 6.45) is 5.86. The lowest BCUT2D eigenvalue weighted by molar-refractivity contribution is 0.843. The van der Waals surface area contributed by atoms with Crippen LogP contribution in [0.3, 0.4) is 0 Å². The Hall–Kier alpha value is -7.88. The normalized spacial score (nSPS) is 13.3. The minimum atomic E-state index is 0.240. The second-order valence-electron chi connectivity index (χ2n) is 19.8. The Morgan fingerprint density at radius 2 is 0.764 bits per heavy atom. The Morgan fingerprint density at radius 1 is 0.333 bits per heavy atom. The number of benzene rings is 10. The minimum Gasteiger partial charge on any atom is -0.139 e. The van der Waals surface area contributed by atoms with Gasteiger partial charge < -0.3 is 0 Å². The van der Waals surface area contributed by atoms with Gasteiger partial charge in [-0.3, -0.25) is 0 Å². The van der Waals surface area contributed by atoms with Crippen molar-refractivity contribution in [1.82, 2.24) is 0 Å². The molecule has 0 saturated carbocycles. The second-order valence-corrected chi connectivity index (χ2v) is 22.0. The van der Waals surface area contributed by atoms with Gasteiger partial charge in [-0.1, -0.05) is 229 Å². The molecule has 0 amide bonds. The summed E-state index contributed by atoms with van der Waals surface area (Å²) in [6.45, 7) is 8.67. The first-order chi connectivity index (χ1) is 35.3. The van der Waals surface area contributed by atoms with E-state index < -0.39 is 0 Å². The van der Waals surface area contributed by atoms with Gasteiger partial charge in [0.05, 0.1) is 0 Å². The molecular formula is C70H52S2. The summed E-state index contributed by atoms with van der Waals surface area (Å²) >= 11 is 3.87. The van der Waals surface area contributed by atoms with Gasteiger partial charge in [0.2, 0.25) is 0 Å². The van der Waals surface area contributed by atoms with E-state index in [1.165, 1.54) is 146 Å². The average Bonchev–Trinajstić information content (AvgIpc) is 4.00. The van der Waals surface area contributed by atoms with Crippen LogP contribution in [0.25, 0.3) is 114 Å². The monoisotopic (exact) mass is 956 g/mol. The molecule has 0 bridgehead atoms. The molecular weight excluding hydrogens is 905 g/mol. The van der Waals surface area contributed by atoms with Crippen molar-refractivity contribution in [3.8, 4) is 76.5 Å². The maximum Gasteiger partial charge on any atom is 0.0433 e. The van der Waals surface area contributed by atoms with Crippen molar-refractivity contribution < 1.29 is 0 Å². The summed E-state index contributed by atoms with van der Waals surface area (Å²) in [6, 6.07) is 80.1. The Balaban J connectivity index is 0.967. The van der Waals surface area contributed by atoms with E-state index in [4.69, 9.17) is 0 Å². The molecule has 72 heavy (non-hydrogen) atoms. The zero-order valence-electron chi connectivity index (χ0n) is 41.0. The predicted octanol–water partition coefficient (Wildman–Crippen LogP) is 20.5. The van der Waals surface area contributed by atoms with E-state index >= 15 is 0 Å². The zero-order chi connectivity index (χ0) is 48.5. The van der Waals surface area contributed by atoms with E-state index in [9.17, 15) is 0 Å².